The van der Waals surface area contributed by atoms with Gasteiger partial charge in [-0.3, -0.25) is 14.9 Å². The van der Waals surface area contributed by atoms with Crippen LogP contribution < -0.4 is 20.1 Å². The van der Waals surface area contributed by atoms with Crippen LogP contribution in [-0.4, -0.2) is 50.7 Å². The van der Waals surface area contributed by atoms with Crippen LogP contribution in [0.15, 0.2) is 42.5 Å². The minimum atomic E-state index is -0.691. The van der Waals surface area contributed by atoms with Gasteiger partial charge in [-0.15, -0.1) is 0 Å². The minimum absolute atomic E-state index is 0.000779. The van der Waals surface area contributed by atoms with Crippen molar-refractivity contribution >= 4 is 23.3 Å². The summed E-state index contributed by atoms with van der Waals surface area (Å²) in [5.41, 5.74) is 0.864. The highest BCUT2D eigenvalue weighted by Gasteiger charge is 2.16. The van der Waals surface area contributed by atoms with E-state index in [-0.39, 0.29) is 23.5 Å². The second-order valence-corrected chi connectivity index (χ2v) is 5.72. The zero-order chi connectivity index (χ0) is 21.2. The Balaban J connectivity index is 1.73. The van der Waals surface area contributed by atoms with Gasteiger partial charge in [0.2, 0.25) is 0 Å². The zero-order valence-electron chi connectivity index (χ0n) is 16.0. The predicted molar refractivity (Wildman–Crippen MR) is 104 cm³/mol. The van der Waals surface area contributed by atoms with Crippen LogP contribution in [0, 0.1) is 10.1 Å². The lowest BCUT2D eigenvalue weighted by Crippen LogP contribution is -2.32. The number of carbonyl (C=O) groups excluding carboxylic acids is 2. The Morgan fingerprint density at radius 1 is 1.03 bits per heavy atom. The molecule has 1 amide bonds. The monoisotopic (exact) mass is 403 g/mol. The van der Waals surface area contributed by atoms with E-state index >= 15 is 0 Å². The van der Waals surface area contributed by atoms with Crippen molar-refractivity contribution in [1.82, 2.24) is 5.32 Å². The molecule has 0 aromatic heterocycles. The van der Waals surface area contributed by atoms with Gasteiger partial charge < -0.3 is 24.8 Å². The third kappa shape index (κ3) is 6.38. The van der Waals surface area contributed by atoms with Crippen LogP contribution in [0.25, 0.3) is 0 Å². The van der Waals surface area contributed by atoms with Crippen LogP contribution >= 0.6 is 0 Å². The third-order valence-electron chi connectivity index (χ3n) is 3.82. The lowest BCUT2D eigenvalue weighted by molar-refractivity contribution is -0.384. The van der Waals surface area contributed by atoms with Crippen molar-refractivity contribution in [2.24, 2.45) is 0 Å². The number of nitro benzene ring substituents is 1. The first-order valence-corrected chi connectivity index (χ1v) is 8.58. The van der Waals surface area contributed by atoms with Crippen LogP contribution in [0.4, 0.5) is 11.4 Å². The van der Waals surface area contributed by atoms with Gasteiger partial charge in [0.05, 0.1) is 19.1 Å². The van der Waals surface area contributed by atoms with Crippen molar-refractivity contribution in [2.75, 3.05) is 39.2 Å². The number of nitrogens with zero attached hydrogens (tertiary/aromatic N) is 1. The zero-order valence-corrected chi connectivity index (χ0v) is 16.0. The van der Waals surface area contributed by atoms with Gasteiger partial charge >= 0.3 is 5.97 Å². The Labute approximate surface area is 166 Å². The number of esters is 1. The number of hydrogen-bond donors (Lipinski definition) is 2. The third-order valence-corrected chi connectivity index (χ3v) is 3.82. The summed E-state index contributed by atoms with van der Waals surface area (Å²) in [6.07, 6.45) is 0. The van der Waals surface area contributed by atoms with Gasteiger partial charge in [-0.2, -0.15) is 0 Å². The van der Waals surface area contributed by atoms with Crippen molar-refractivity contribution in [2.45, 2.75) is 0 Å². The molecule has 0 saturated heterocycles. The molecular formula is C19H21N3O7. The molecule has 0 atom stereocenters. The molecule has 29 heavy (non-hydrogen) atoms. The molecule has 2 rings (SSSR count). The summed E-state index contributed by atoms with van der Waals surface area (Å²) in [6, 6.07) is 10.5. The van der Waals surface area contributed by atoms with E-state index in [1.807, 2.05) is 0 Å². The fraction of sp³-hybridized carbons (Fsp3) is 0.263. The Kier molecular flexibility index (Phi) is 7.78. The fourth-order valence-electron chi connectivity index (χ4n) is 2.34. The van der Waals surface area contributed by atoms with Gasteiger partial charge in [0.15, 0.2) is 6.61 Å². The highest BCUT2D eigenvalue weighted by molar-refractivity contribution is 5.94. The summed E-state index contributed by atoms with van der Waals surface area (Å²) < 4.78 is 15.2. The largest absolute Gasteiger partial charge is 0.497 e. The molecule has 10 nitrogen and oxygen atoms in total. The topological polar surface area (TPSA) is 129 Å². The summed E-state index contributed by atoms with van der Waals surface area (Å²) in [4.78, 5) is 34.1. The lowest BCUT2D eigenvalue weighted by atomic mass is 10.2. The number of anilines is 1. The summed E-state index contributed by atoms with van der Waals surface area (Å²) in [7, 11) is 2.91. The quantitative estimate of drug-likeness (QED) is 0.267. The number of ether oxygens (including phenoxy) is 3. The molecule has 154 valence electrons. The van der Waals surface area contributed by atoms with Crippen LogP contribution in [0.3, 0.4) is 0 Å². The predicted octanol–water partition coefficient (Wildman–Crippen LogP) is 2.00. The maximum absolute atomic E-state index is 12.1. The molecule has 2 aromatic rings. The second-order valence-electron chi connectivity index (χ2n) is 5.72. The van der Waals surface area contributed by atoms with Crippen molar-refractivity contribution < 1.29 is 28.7 Å². The molecule has 0 fully saturated rings. The van der Waals surface area contributed by atoms with Crippen LogP contribution in [-0.2, 0) is 9.53 Å². The number of hydrogen-bond acceptors (Lipinski definition) is 8. The molecule has 0 unspecified atom stereocenters. The molecule has 0 spiro atoms. The van der Waals surface area contributed by atoms with Gasteiger partial charge in [-0.05, 0) is 24.3 Å². The molecule has 0 aliphatic heterocycles. The first kappa shape index (κ1) is 21.5. The summed E-state index contributed by atoms with van der Waals surface area (Å²) >= 11 is 0. The number of amides is 1. The molecule has 0 bridgehead atoms. The Hall–Kier alpha value is -3.82. The number of rotatable bonds is 10. The maximum atomic E-state index is 12.1. The van der Waals surface area contributed by atoms with E-state index in [2.05, 4.69) is 10.6 Å². The van der Waals surface area contributed by atoms with Gasteiger partial charge in [-0.25, -0.2) is 4.79 Å². The van der Waals surface area contributed by atoms with E-state index in [9.17, 15) is 19.7 Å². The Morgan fingerprint density at radius 2 is 1.76 bits per heavy atom. The van der Waals surface area contributed by atoms with E-state index in [1.165, 1.54) is 32.4 Å². The van der Waals surface area contributed by atoms with E-state index in [0.717, 1.165) is 0 Å². The summed E-state index contributed by atoms with van der Waals surface area (Å²) in [5.74, 6) is -0.348. The minimum Gasteiger partial charge on any atom is -0.497 e. The molecule has 0 saturated carbocycles. The first-order chi connectivity index (χ1) is 13.9. The van der Waals surface area contributed by atoms with Crippen molar-refractivity contribution in [1.29, 1.82) is 0 Å². The number of carbonyl (C=O) groups is 2. The summed E-state index contributed by atoms with van der Waals surface area (Å²) in [5, 5.41) is 16.2. The number of nitrogens with one attached hydrogen (secondary N) is 2. The number of methoxy groups -OCH3 is 2. The molecule has 0 aliphatic rings. The molecule has 2 N–H and O–H groups in total. The second kappa shape index (κ2) is 10.5. The summed E-state index contributed by atoms with van der Waals surface area (Å²) in [6.45, 7) is 0.231. The fourth-order valence-corrected chi connectivity index (χ4v) is 2.34. The Bertz CT molecular complexity index is 869. The van der Waals surface area contributed by atoms with Gasteiger partial charge in [0.1, 0.15) is 17.1 Å². The molecule has 2 aromatic carbocycles. The first-order valence-electron chi connectivity index (χ1n) is 8.58. The van der Waals surface area contributed by atoms with Gasteiger partial charge in [-0.1, -0.05) is 0 Å². The number of nitro groups is 1. The molecule has 0 aliphatic carbocycles. The van der Waals surface area contributed by atoms with E-state index in [1.54, 1.807) is 24.3 Å². The highest BCUT2D eigenvalue weighted by atomic mass is 16.6. The number of non-ortho nitro benzene ring substituents is 1. The lowest BCUT2D eigenvalue weighted by Gasteiger charge is -2.11. The van der Waals surface area contributed by atoms with Crippen LogP contribution in [0.2, 0.25) is 0 Å². The van der Waals surface area contributed by atoms with E-state index in [0.29, 0.717) is 18.0 Å². The molecule has 0 radical (unpaired) electrons. The van der Waals surface area contributed by atoms with E-state index in [4.69, 9.17) is 14.2 Å². The smallest absolute Gasteiger partial charge is 0.342 e. The van der Waals surface area contributed by atoms with Crippen molar-refractivity contribution in [3.05, 3.63) is 58.1 Å². The standard InChI is InChI=1S/C19H21N3O7/c1-27-15-7-8-16(17(11-15)28-2)19(24)29-12-18(23)21-10-9-20-13-3-5-14(6-4-13)22(25)26/h3-8,11,20H,9-10,12H2,1-2H3,(H,21,23). The highest BCUT2D eigenvalue weighted by Crippen LogP contribution is 2.25. The SMILES string of the molecule is COc1ccc(C(=O)OCC(=O)NCCNc2ccc([N+](=O)[O-])cc2)c(OC)c1. The average molecular weight is 403 g/mol. The average Bonchev–Trinajstić information content (AvgIpc) is 2.74. The van der Waals surface area contributed by atoms with Gasteiger partial charge in [0, 0.05) is 37.0 Å². The van der Waals surface area contributed by atoms with Crippen LogP contribution in [0.5, 0.6) is 11.5 Å². The molecular weight excluding hydrogens is 382 g/mol. The molecule has 10 heteroatoms. The van der Waals surface area contributed by atoms with Gasteiger partial charge in [0.25, 0.3) is 11.6 Å². The Morgan fingerprint density at radius 3 is 2.38 bits per heavy atom. The maximum Gasteiger partial charge on any atom is 0.342 e. The van der Waals surface area contributed by atoms with Crippen molar-refractivity contribution in [3.63, 3.8) is 0 Å². The normalized spacial score (nSPS) is 10.0. The van der Waals surface area contributed by atoms with Crippen molar-refractivity contribution in [3.8, 4) is 11.5 Å². The van der Waals surface area contributed by atoms with Crippen LogP contribution in [0.1, 0.15) is 10.4 Å². The van der Waals surface area contributed by atoms with E-state index < -0.39 is 23.4 Å². The molecule has 0 heterocycles. The number of benzene rings is 2.